The Balaban J connectivity index is 1.02. The molecule has 0 spiro atoms. The van der Waals surface area contributed by atoms with Gasteiger partial charge >= 0.3 is 5.51 Å². The summed E-state index contributed by atoms with van der Waals surface area (Å²) < 4.78 is 103. The average molecular weight is 975 g/mol. The summed E-state index contributed by atoms with van der Waals surface area (Å²) >= 11 is 7.70. The van der Waals surface area contributed by atoms with E-state index in [1.54, 1.807) is 16.9 Å². The number of sulfonamides is 1. The number of nitrogens with zero attached hydrogens (tertiary/aromatic N) is 3. The second-order valence-corrected chi connectivity index (χ2v) is 22.6. The van der Waals surface area contributed by atoms with Gasteiger partial charge in [-0.1, -0.05) is 61.4 Å². The van der Waals surface area contributed by atoms with Crippen molar-refractivity contribution in [2.75, 3.05) is 81.5 Å². The molecule has 3 aliphatic rings. The molecule has 2 fully saturated rings. The number of piperazine rings is 1. The molecule has 2 N–H and O–H groups in total. The number of hydrogen-bond acceptors (Lipinski definition) is 11. The quantitative estimate of drug-likeness (QED) is 0.105. The first-order chi connectivity index (χ1) is 30.9. The predicted octanol–water partition coefficient (Wildman–Crippen LogP) is 8.83. The van der Waals surface area contributed by atoms with Crippen molar-refractivity contribution < 1.29 is 39.5 Å². The molecule has 0 bridgehead atoms. The Morgan fingerprint density at radius 3 is 2.18 bits per heavy atom. The Morgan fingerprint density at radius 2 is 1.52 bits per heavy atom. The lowest BCUT2D eigenvalue weighted by atomic mass is 9.73. The molecule has 0 radical (unpaired) electrons. The standard InChI is InChI=1S/C47H55ClF3N5O6S3/c1-46(2)20-18-42(34-8-12-37(48)13-9-34)36(31-46)32-55-22-24-56(25-23-55)40-15-10-35(11-16-40)45(57)53-65(60,61)43-17-14-38(30-44(43)64(58,59)47(49,50)51)52-39(19-21-54-26-28-62-29-27-54)33-63-41-6-4-3-5-7-41/h3-17,30,39,52H,18-29,31-33H2,1-2H3,(H,53,57)/t39-/m1/s1. The van der Waals surface area contributed by atoms with E-state index in [2.05, 4.69) is 46.0 Å². The number of anilines is 2. The largest absolute Gasteiger partial charge is 0.501 e. The number of amides is 1. The van der Waals surface area contributed by atoms with Crippen LogP contribution < -0.4 is 14.9 Å². The molecular weight excluding hydrogens is 919 g/mol. The fourth-order valence-corrected chi connectivity index (χ4v) is 12.2. The lowest BCUT2D eigenvalue weighted by Crippen LogP contribution is -2.47. The number of morpholine rings is 1. The number of benzene rings is 4. The minimum atomic E-state index is -6.20. The number of ether oxygens (including phenoxy) is 1. The van der Waals surface area contributed by atoms with Crippen LogP contribution in [0.4, 0.5) is 24.5 Å². The van der Waals surface area contributed by atoms with Crippen molar-refractivity contribution in [3.05, 3.63) is 119 Å². The first-order valence-corrected chi connectivity index (χ1v) is 26.0. The molecule has 18 heteroatoms. The number of carbonyl (C=O) groups excluding carboxylic acids is 1. The number of halogens is 4. The normalized spacial score (nSPS) is 18.3. The van der Waals surface area contributed by atoms with Crippen LogP contribution in [-0.2, 0) is 24.6 Å². The van der Waals surface area contributed by atoms with Crippen molar-refractivity contribution in [1.29, 1.82) is 0 Å². The lowest BCUT2D eigenvalue weighted by Gasteiger charge is -2.39. The fourth-order valence-electron chi connectivity index (χ4n) is 8.52. The third-order valence-corrected chi connectivity index (χ3v) is 16.6. The molecule has 65 heavy (non-hydrogen) atoms. The van der Waals surface area contributed by atoms with E-state index < -0.39 is 41.1 Å². The van der Waals surface area contributed by atoms with E-state index in [9.17, 15) is 34.8 Å². The second kappa shape index (κ2) is 20.8. The van der Waals surface area contributed by atoms with Gasteiger partial charge in [-0.25, -0.2) is 21.6 Å². The van der Waals surface area contributed by atoms with Gasteiger partial charge in [0.2, 0.25) is 0 Å². The highest BCUT2D eigenvalue weighted by molar-refractivity contribution is 7.99. The predicted molar refractivity (Wildman–Crippen MR) is 252 cm³/mol. The van der Waals surface area contributed by atoms with Crippen molar-refractivity contribution in [1.82, 2.24) is 14.5 Å². The summed E-state index contributed by atoms with van der Waals surface area (Å²) in [6, 6.07) is 26.1. The van der Waals surface area contributed by atoms with Gasteiger partial charge in [-0.05, 0) is 109 Å². The molecule has 1 atom stereocenters. The SMILES string of the molecule is CC1(C)CCC(c2ccc(Cl)cc2)=C(CN2CCN(c3ccc(C(=O)NS(=O)(=O)c4ccc(N[C@H](CCN5CCOCC5)CSc5ccccc5)cc4S(=O)(=O)C(F)(F)F)cc3)CC2)C1. The van der Waals surface area contributed by atoms with E-state index >= 15 is 0 Å². The topological polar surface area (TPSA) is 128 Å². The van der Waals surface area contributed by atoms with Crippen molar-refractivity contribution in [3.63, 3.8) is 0 Å². The van der Waals surface area contributed by atoms with Crippen LogP contribution in [0.3, 0.4) is 0 Å². The van der Waals surface area contributed by atoms with Gasteiger partial charge in [0.05, 0.1) is 18.1 Å². The Kier molecular flexibility index (Phi) is 15.6. The van der Waals surface area contributed by atoms with Crippen LogP contribution in [0.2, 0.25) is 5.02 Å². The van der Waals surface area contributed by atoms with Crippen LogP contribution in [0.5, 0.6) is 0 Å². The number of carbonyl (C=O) groups is 1. The van der Waals surface area contributed by atoms with Crippen molar-refractivity contribution in [2.24, 2.45) is 5.41 Å². The number of hydrogen-bond donors (Lipinski definition) is 2. The van der Waals surface area contributed by atoms with Gasteiger partial charge in [-0.3, -0.25) is 14.6 Å². The van der Waals surface area contributed by atoms with E-state index in [1.807, 2.05) is 42.5 Å². The number of thioether (sulfide) groups is 1. The monoisotopic (exact) mass is 973 g/mol. The molecule has 350 valence electrons. The minimum absolute atomic E-state index is 0.0205. The van der Waals surface area contributed by atoms with E-state index in [4.69, 9.17) is 16.3 Å². The Labute approximate surface area is 389 Å². The number of rotatable bonds is 16. The molecular formula is C47H55ClF3N5O6S3. The van der Waals surface area contributed by atoms with Crippen molar-refractivity contribution >= 4 is 66.1 Å². The highest BCUT2D eigenvalue weighted by Gasteiger charge is 2.49. The number of alkyl halides is 3. The summed E-state index contributed by atoms with van der Waals surface area (Å²) in [6.45, 7) is 11.8. The van der Waals surface area contributed by atoms with E-state index in [0.29, 0.717) is 56.1 Å². The first kappa shape index (κ1) is 48.8. The van der Waals surface area contributed by atoms with Crippen LogP contribution in [-0.4, -0.2) is 115 Å². The molecule has 4 aromatic carbocycles. The van der Waals surface area contributed by atoms with Crippen LogP contribution in [0.25, 0.3) is 5.57 Å². The lowest BCUT2D eigenvalue weighted by molar-refractivity contribution is -0.0437. The maximum Gasteiger partial charge on any atom is 0.501 e. The third-order valence-electron chi connectivity index (χ3n) is 12.2. The van der Waals surface area contributed by atoms with Gasteiger partial charge in [-0.2, -0.15) is 13.2 Å². The average Bonchev–Trinajstić information content (AvgIpc) is 3.28. The molecule has 2 heterocycles. The van der Waals surface area contributed by atoms with Gasteiger partial charge in [0.25, 0.3) is 25.8 Å². The Bertz CT molecular complexity index is 2530. The summed E-state index contributed by atoms with van der Waals surface area (Å²) in [5.74, 6) is -0.648. The smallest absolute Gasteiger partial charge is 0.381 e. The van der Waals surface area contributed by atoms with Gasteiger partial charge in [0, 0.05) is 91.0 Å². The van der Waals surface area contributed by atoms with Crippen LogP contribution >= 0.6 is 23.4 Å². The zero-order valence-electron chi connectivity index (χ0n) is 36.4. The zero-order valence-corrected chi connectivity index (χ0v) is 39.7. The minimum Gasteiger partial charge on any atom is -0.381 e. The Hall–Kier alpha value is -4.10. The Morgan fingerprint density at radius 1 is 0.846 bits per heavy atom. The van der Waals surface area contributed by atoms with Gasteiger partial charge in [-0.15, -0.1) is 11.8 Å². The zero-order chi connectivity index (χ0) is 46.4. The summed E-state index contributed by atoms with van der Waals surface area (Å²) in [6.07, 6.45) is 3.68. The van der Waals surface area contributed by atoms with Gasteiger partial charge in [0.1, 0.15) is 4.90 Å². The maximum absolute atomic E-state index is 14.2. The third kappa shape index (κ3) is 12.7. The number of sulfone groups is 1. The number of nitrogens with one attached hydrogen (secondary N) is 2. The molecule has 1 aliphatic carbocycles. The summed E-state index contributed by atoms with van der Waals surface area (Å²) in [5, 5.41) is 3.87. The van der Waals surface area contributed by atoms with Gasteiger partial charge in [0.15, 0.2) is 0 Å². The summed E-state index contributed by atoms with van der Waals surface area (Å²) in [5.41, 5.74) is -0.860. The molecule has 1 amide bonds. The van der Waals surface area contributed by atoms with Crippen molar-refractivity contribution in [2.45, 2.75) is 65.8 Å². The maximum atomic E-state index is 14.2. The molecule has 11 nitrogen and oxygen atoms in total. The van der Waals surface area contributed by atoms with Crippen LogP contribution in [0.1, 0.15) is 55.5 Å². The van der Waals surface area contributed by atoms with Gasteiger partial charge < -0.3 is 15.0 Å². The van der Waals surface area contributed by atoms with Crippen LogP contribution in [0, 0.1) is 5.41 Å². The van der Waals surface area contributed by atoms with E-state index in [0.717, 1.165) is 68.6 Å². The summed E-state index contributed by atoms with van der Waals surface area (Å²) in [7, 11) is -11.3. The number of allylic oxidation sites excluding steroid dienone is 1. The molecule has 4 aromatic rings. The molecule has 2 aliphatic heterocycles. The molecule has 0 saturated carbocycles. The van der Waals surface area contributed by atoms with Crippen molar-refractivity contribution in [3.8, 4) is 0 Å². The summed E-state index contributed by atoms with van der Waals surface area (Å²) in [4.78, 5) is 18.5. The highest BCUT2D eigenvalue weighted by atomic mass is 35.5. The molecule has 2 saturated heterocycles. The van der Waals surface area contributed by atoms with E-state index in [1.165, 1.54) is 46.7 Å². The highest BCUT2D eigenvalue weighted by Crippen LogP contribution is 2.43. The van der Waals surface area contributed by atoms with Crippen LogP contribution in [0.15, 0.2) is 117 Å². The second-order valence-electron chi connectivity index (χ2n) is 17.5. The molecule has 0 unspecified atom stereocenters. The first-order valence-electron chi connectivity index (χ1n) is 21.7. The van der Waals surface area contributed by atoms with E-state index in [-0.39, 0.29) is 22.7 Å². The molecule has 0 aromatic heterocycles. The fraction of sp³-hybridized carbons (Fsp3) is 0.426. The molecule has 7 rings (SSSR count).